The summed E-state index contributed by atoms with van der Waals surface area (Å²) in [5.41, 5.74) is 5.75. The molecule has 0 aromatic rings. The van der Waals surface area contributed by atoms with Crippen LogP contribution in [0.3, 0.4) is 0 Å². The molecular formula is C11H22N2O2. The van der Waals surface area contributed by atoms with E-state index < -0.39 is 5.97 Å². The molecule has 15 heavy (non-hydrogen) atoms. The summed E-state index contributed by atoms with van der Waals surface area (Å²) in [4.78, 5) is 13.1. The van der Waals surface area contributed by atoms with Gasteiger partial charge < -0.3 is 10.8 Å². The molecule has 0 bridgehead atoms. The molecule has 4 heteroatoms. The number of rotatable bonds is 2. The Bertz CT molecular complexity index is 213. The largest absolute Gasteiger partial charge is 0.481 e. The zero-order valence-electron chi connectivity index (χ0n) is 9.70. The number of hydrogen-bond acceptors (Lipinski definition) is 3. The van der Waals surface area contributed by atoms with Crippen LogP contribution < -0.4 is 5.73 Å². The molecule has 0 aromatic carbocycles. The molecule has 1 aliphatic heterocycles. The van der Waals surface area contributed by atoms with E-state index in [1.54, 1.807) is 0 Å². The zero-order valence-corrected chi connectivity index (χ0v) is 9.70. The number of carbonyl (C=O) groups is 1. The number of carboxylic acid groups (broad SMARTS) is 1. The summed E-state index contributed by atoms with van der Waals surface area (Å²) < 4.78 is 0. The minimum Gasteiger partial charge on any atom is -0.481 e. The quantitative estimate of drug-likeness (QED) is 0.726. The van der Waals surface area contributed by atoms with Crippen molar-refractivity contribution < 1.29 is 9.90 Å². The van der Waals surface area contributed by atoms with Crippen LogP contribution in [0, 0.1) is 5.92 Å². The summed E-state index contributed by atoms with van der Waals surface area (Å²) in [6.07, 6.45) is 3.42. The number of carboxylic acids is 1. The highest BCUT2D eigenvalue weighted by Crippen LogP contribution is 2.20. The second-order valence-electron chi connectivity index (χ2n) is 4.96. The summed E-state index contributed by atoms with van der Waals surface area (Å²) in [5, 5.41) is 8.94. The van der Waals surface area contributed by atoms with E-state index in [1.807, 2.05) is 13.8 Å². The molecule has 1 heterocycles. The van der Waals surface area contributed by atoms with E-state index in [2.05, 4.69) is 4.90 Å². The van der Waals surface area contributed by atoms with Crippen molar-refractivity contribution in [3.63, 3.8) is 0 Å². The van der Waals surface area contributed by atoms with Gasteiger partial charge in [0.05, 0.1) is 11.6 Å². The van der Waals surface area contributed by atoms with Crippen molar-refractivity contribution in [2.45, 2.75) is 45.2 Å². The standard InChI is InChI=1S/C11H22N2O2/c1-11(2,12)13-7-3-5-9(10(14)15)6-4-8-13/h9H,3-8,12H2,1-2H3,(H,14,15). The lowest BCUT2D eigenvalue weighted by molar-refractivity contribution is -0.142. The minimum atomic E-state index is -0.643. The predicted molar refractivity (Wildman–Crippen MR) is 59.4 cm³/mol. The van der Waals surface area contributed by atoms with Gasteiger partial charge in [-0.1, -0.05) is 0 Å². The number of aliphatic carboxylic acids is 1. The number of likely N-dealkylation sites (tertiary alicyclic amines) is 1. The molecule has 0 unspecified atom stereocenters. The fourth-order valence-corrected chi connectivity index (χ4v) is 2.14. The van der Waals surface area contributed by atoms with Crippen molar-refractivity contribution in [3.8, 4) is 0 Å². The summed E-state index contributed by atoms with van der Waals surface area (Å²) in [5.74, 6) is -0.788. The SMILES string of the molecule is CC(C)(N)N1CCCC(C(=O)O)CCC1. The number of hydrogen-bond donors (Lipinski definition) is 2. The normalized spacial score (nSPS) is 22.1. The van der Waals surface area contributed by atoms with Crippen LogP contribution in [0.1, 0.15) is 39.5 Å². The maximum Gasteiger partial charge on any atom is 0.306 e. The van der Waals surface area contributed by atoms with Gasteiger partial charge in [0.1, 0.15) is 0 Å². The van der Waals surface area contributed by atoms with Gasteiger partial charge >= 0.3 is 5.97 Å². The number of nitrogens with two attached hydrogens (primary N) is 1. The fourth-order valence-electron chi connectivity index (χ4n) is 2.14. The molecule has 0 aromatic heterocycles. The second kappa shape index (κ2) is 4.94. The van der Waals surface area contributed by atoms with E-state index in [1.165, 1.54) is 0 Å². The van der Waals surface area contributed by atoms with Crippen LogP contribution in [0.2, 0.25) is 0 Å². The van der Waals surface area contributed by atoms with Gasteiger partial charge in [0.15, 0.2) is 0 Å². The van der Waals surface area contributed by atoms with Gasteiger partial charge in [0.25, 0.3) is 0 Å². The molecule has 0 spiro atoms. The van der Waals surface area contributed by atoms with E-state index in [0.717, 1.165) is 38.8 Å². The molecule has 1 rings (SSSR count). The van der Waals surface area contributed by atoms with Gasteiger partial charge in [-0.15, -0.1) is 0 Å². The van der Waals surface area contributed by atoms with Crippen LogP contribution in [0.4, 0.5) is 0 Å². The Morgan fingerprint density at radius 3 is 2.13 bits per heavy atom. The van der Waals surface area contributed by atoms with Crippen LogP contribution in [-0.2, 0) is 4.79 Å². The Balaban J connectivity index is 2.47. The van der Waals surface area contributed by atoms with Gasteiger partial charge in [-0.3, -0.25) is 9.69 Å². The van der Waals surface area contributed by atoms with Crippen molar-refractivity contribution in [1.82, 2.24) is 4.90 Å². The molecule has 3 N–H and O–H groups in total. The van der Waals surface area contributed by atoms with E-state index in [-0.39, 0.29) is 11.6 Å². The lowest BCUT2D eigenvalue weighted by atomic mass is 9.95. The van der Waals surface area contributed by atoms with E-state index >= 15 is 0 Å². The average molecular weight is 214 g/mol. The molecule has 0 amide bonds. The van der Waals surface area contributed by atoms with Gasteiger partial charge in [-0.05, 0) is 52.6 Å². The van der Waals surface area contributed by atoms with Gasteiger partial charge in [0.2, 0.25) is 0 Å². The summed E-state index contributed by atoms with van der Waals surface area (Å²) in [6.45, 7) is 5.83. The van der Waals surface area contributed by atoms with Crippen LogP contribution in [0.25, 0.3) is 0 Å². The van der Waals surface area contributed by atoms with Gasteiger partial charge in [-0.25, -0.2) is 0 Å². The van der Waals surface area contributed by atoms with Crippen LogP contribution in [-0.4, -0.2) is 34.7 Å². The van der Waals surface area contributed by atoms with E-state index in [4.69, 9.17) is 10.8 Å². The molecule has 0 radical (unpaired) electrons. The molecule has 1 aliphatic rings. The van der Waals surface area contributed by atoms with Gasteiger partial charge in [0, 0.05) is 0 Å². The maximum atomic E-state index is 10.9. The molecule has 0 atom stereocenters. The van der Waals surface area contributed by atoms with E-state index in [0.29, 0.717) is 0 Å². The van der Waals surface area contributed by atoms with Gasteiger partial charge in [-0.2, -0.15) is 0 Å². The highest BCUT2D eigenvalue weighted by Gasteiger charge is 2.25. The van der Waals surface area contributed by atoms with Crippen molar-refractivity contribution >= 4 is 5.97 Å². The first-order valence-electron chi connectivity index (χ1n) is 5.68. The van der Waals surface area contributed by atoms with Crippen LogP contribution in [0.15, 0.2) is 0 Å². The second-order valence-corrected chi connectivity index (χ2v) is 4.96. The van der Waals surface area contributed by atoms with Crippen LogP contribution >= 0.6 is 0 Å². The highest BCUT2D eigenvalue weighted by molar-refractivity contribution is 5.69. The Morgan fingerprint density at radius 1 is 1.33 bits per heavy atom. The third-order valence-corrected chi connectivity index (χ3v) is 3.13. The smallest absolute Gasteiger partial charge is 0.306 e. The topological polar surface area (TPSA) is 66.6 Å². The molecule has 88 valence electrons. The van der Waals surface area contributed by atoms with E-state index in [9.17, 15) is 4.79 Å². The van der Waals surface area contributed by atoms with Crippen molar-refractivity contribution in [3.05, 3.63) is 0 Å². The molecule has 1 saturated heterocycles. The Labute approximate surface area is 91.4 Å². The molecular weight excluding hydrogens is 192 g/mol. The summed E-state index contributed by atoms with van der Waals surface area (Å²) >= 11 is 0. The molecule has 1 fully saturated rings. The predicted octanol–water partition coefficient (Wildman–Crippen LogP) is 1.26. The molecule has 0 aliphatic carbocycles. The van der Waals surface area contributed by atoms with Crippen LogP contribution in [0.5, 0.6) is 0 Å². The minimum absolute atomic E-state index is 0.145. The first-order chi connectivity index (χ1) is 6.91. The van der Waals surface area contributed by atoms with Crippen molar-refractivity contribution in [2.24, 2.45) is 11.7 Å². The number of nitrogens with zero attached hydrogens (tertiary/aromatic N) is 1. The first-order valence-corrected chi connectivity index (χ1v) is 5.68. The lowest BCUT2D eigenvalue weighted by Crippen LogP contribution is -2.52. The maximum absolute atomic E-state index is 10.9. The Hall–Kier alpha value is -0.610. The fraction of sp³-hybridized carbons (Fsp3) is 0.909. The third kappa shape index (κ3) is 3.80. The third-order valence-electron chi connectivity index (χ3n) is 3.13. The van der Waals surface area contributed by atoms with Crippen molar-refractivity contribution in [2.75, 3.05) is 13.1 Å². The Morgan fingerprint density at radius 2 is 1.80 bits per heavy atom. The molecule has 4 nitrogen and oxygen atoms in total. The average Bonchev–Trinajstić information content (AvgIpc) is 1.99. The summed E-state index contributed by atoms with van der Waals surface area (Å²) in [6, 6.07) is 0. The highest BCUT2D eigenvalue weighted by atomic mass is 16.4. The first kappa shape index (κ1) is 12.5. The van der Waals surface area contributed by atoms with Crippen molar-refractivity contribution in [1.29, 1.82) is 0 Å². The Kier molecular flexibility index (Phi) is 4.11. The lowest BCUT2D eigenvalue weighted by Gasteiger charge is -2.37. The monoisotopic (exact) mass is 214 g/mol. The molecule has 0 saturated carbocycles. The zero-order chi connectivity index (χ0) is 11.5. The summed E-state index contributed by atoms with van der Waals surface area (Å²) in [7, 11) is 0.